The molecule has 0 aliphatic carbocycles. The lowest BCUT2D eigenvalue weighted by molar-refractivity contribution is -0.147. The second-order valence-electron chi connectivity index (χ2n) is 2.51. The number of nitrogens with one attached hydrogen (secondary N) is 1. The minimum absolute atomic E-state index is 0.0128. The predicted octanol–water partition coefficient (Wildman–Crippen LogP) is 2.16. The van der Waals surface area contributed by atoms with Crippen molar-refractivity contribution < 1.29 is 19.1 Å². The monoisotopic (exact) mass is 251 g/mol. The molecule has 0 bridgehead atoms. The van der Waals surface area contributed by atoms with Crippen molar-refractivity contribution in [2.45, 2.75) is 0 Å². The number of carbonyl (C=O) groups is 2. The molecule has 7 heteroatoms. The summed E-state index contributed by atoms with van der Waals surface area (Å²) in [7, 11) is 0. The van der Waals surface area contributed by atoms with Gasteiger partial charge in [-0.15, -0.1) is 0 Å². The summed E-state index contributed by atoms with van der Waals surface area (Å²) in [5, 5.41) is 9.66. The van der Waals surface area contributed by atoms with Crippen molar-refractivity contribution in [1.82, 2.24) is 0 Å². The van der Waals surface area contributed by atoms with E-state index in [1.165, 1.54) is 0 Å². The number of hydrogen-bond acceptors (Lipinski definition) is 2. The molecule has 0 aromatic heterocycles. The average Bonchev–Trinajstić information content (AvgIpc) is 2.13. The predicted molar refractivity (Wildman–Crippen MR) is 52.7 cm³/mol. The second kappa shape index (κ2) is 4.46. The molecule has 0 aliphatic heterocycles. The molecule has 0 saturated heterocycles. The largest absolute Gasteiger partial charge is 0.474 e. The Morgan fingerprint density at radius 1 is 1.27 bits per heavy atom. The van der Waals surface area contributed by atoms with E-state index in [-0.39, 0.29) is 15.7 Å². The van der Waals surface area contributed by atoms with Crippen molar-refractivity contribution in [3.8, 4) is 0 Å². The van der Waals surface area contributed by atoms with Gasteiger partial charge in [0.25, 0.3) is 0 Å². The van der Waals surface area contributed by atoms with Gasteiger partial charge in [-0.2, -0.15) is 0 Å². The molecule has 0 saturated carbocycles. The van der Waals surface area contributed by atoms with Crippen LogP contribution in [0.4, 0.5) is 10.1 Å². The summed E-state index contributed by atoms with van der Waals surface area (Å²) in [6.45, 7) is 0. The van der Waals surface area contributed by atoms with Crippen LogP contribution in [-0.2, 0) is 9.59 Å². The number of carboxylic acid groups (broad SMARTS) is 1. The summed E-state index contributed by atoms with van der Waals surface area (Å²) in [6, 6.07) is 2.12. The first kappa shape index (κ1) is 11.7. The fraction of sp³-hybridized carbons (Fsp3) is 0. The Morgan fingerprint density at radius 3 is 2.13 bits per heavy atom. The molecule has 0 unspecified atom stereocenters. The molecule has 1 amide bonds. The Hall–Kier alpha value is -1.33. The van der Waals surface area contributed by atoms with E-state index >= 15 is 0 Å². The van der Waals surface area contributed by atoms with E-state index in [1.807, 2.05) is 5.32 Å². The van der Waals surface area contributed by atoms with Gasteiger partial charge in [0.15, 0.2) is 5.82 Å². The molecule has 0 radical (unpaired) electrons. The zero-order valence-corrected chi connectivity index (χ0v) is 8.56. The SMILES string of the molecule is O=C(O)C(=O)Nc1cc(Cl)c(F)c(Cl)c1. The van der Waals surface area contributed by atoms with Crippen molar-refractivity contribution in [2.75, 3.05) is 5.32 Å². The lowest BCUT2D eigenvalue weighted by Crippen LogP contribution is -2.21. The smallest absolute Gasteiger partial charge is 0.394 e. The highest BCUT2D eigenvalue weighted by molar-refractivity contribution is 6.38. The van der Waals surface area contributed by atoms with Gasteiger partial charge in [-0.25, -0.2) is 9.18 Å². The second-order valence-corrected chi connectivity index (χ2v) is 3.33. The first-order valence-electron chi connectivity index (χ1n) is 3.60. The maximum absolute atomic E-state index is 12.9. The van der Waals surface area contributed by atoms with Crippen LogP contribution in [0.5, 0.6) is 0 Å². The van der Waals surface area contributed by atoms with Crippen LogP contribution >= 0.6 is 23.2 Å². The van der Waals surface area contributed by atoms with Crippen LogP contribution in [0.25, 0.3) is 0 Å². The van der Waals surface area contributed by atoms with Gasteiger partial charge in [0.05, 0.1) is 10.0 Å². The maximum Gasteiger partial charge on any atom is 0.394 e. The maximum atomic E-state index is 12.9. The highest BCUT2D eigenvalue weighted by Gasteiger charge is 2.13. The third kappa shape index (κ3) is 2.81. The first-order chi connectivity index (χ1) is 6.91. The van der Waals surface area contributed by atoms with E-state index < -0.39 is 17.7 Å². The van der Waals surface area contributed by atoms with Gasteiger partial charge in [-0.1, -0.05) is 23.2 Å². The van der Waals surface area contributed by atoms with Crippen LogP contribution in [0.15, 0.2) is 12.1 Å². The summed E-state index contributed by atoms with van der Waals surface area (Å²) in [5.74, 6) is -3.74. The molecule has 80 valence electrons. The highest BCUT2D eigenvalue weighted by Crippen LogP contribution is 2.27. The fourth-order valence-electron chi connectivity index (χ4n) is 0.812. The Morgan fingerprint density at radius 2 is 1.73 bits per heavy atom. The van der Waals surface area contributed by atoms with Gasteiger partial charge in [-0.05, 0) is 12.1 Å². The molecule has 2 N–H and O–H groups in total. The third-order valence-electron chi connectivity index (χ3n) is 1.44. The van der Waals surface area contributed by atoms with Gasteiger partial charge in [0.1, 0.15) is 0 Å². The molecular formula is C8H4Cl2FNO3. The quantitative estimate of drug-likeness (QED) is 0.594. The van der Waals surface area contributed by atoms with Crippen molar-refractivity contribution >= 4 is 40.8 Å². The summed E-state index contributed by atoms with van der Waals surface area (Å²) >= 11 is 10.8. The van der Waals surface area contributed by atoms with Crippen molar-refractivity contribution in [1.29, 1.82) is 0 Å². The van der Waals surface area contributed by atoms with Gasteiger partial charge in [0, 0.05) is 5.69 Å². The van der Waals surface area contributed by atoms with E-state index in [2.05, 4.69) is 0 Å². The van der Waals surface area contributed by atoms with Gasteiger partial charge in [0.2, 0.25) is 0 Å². The molecule has 0 atom stereocenters. The van der Waals surface area contributed by atoms with Crippen LogP contribution in [0.1, 0.15) is 0 Å². The molecule has 0 spiro atoms. The first-order valence-corrected chi connectivity index (χ1v) is 4.36. The zero-order chi connectivity index (χ0) is 11.6. The summed E-state index contributed by atoms with van der Waals surface area (Å²) in [6.07, 6.45) is 0. The Kier molecular flexibility index (Phi) is 3.49. The summed E-state index contributed by atoms with van der Waals surface area (Å²) in [4.78, 5) is 20.9. The molecule has 0 fully saturated rings. The van der Waals surface area contributed by atoms with Crippen molar-refractivity contribution in [3.63, 3.8) is 0 Å². The van der Waals surface area contributed by atoms with Crippen LogP contribution in [0.2, 0.25) is 10.0 Å². The zero-order valence-electron chi connectivity index (χ0n) is 7.05. The standard InChI is InChI=1S/C8H4Cl2FNO3/c9-4-1-3(2-5(10)6(4)11)12-7(13)8(14)15/h1-2H,(H,12,13)(H,14,15). The van der Waals surface area contributed by atoms with E-state index in [0.29, 0.717) is 0 Å². The Balaban J connectivity index is 2.98. The minimum Gasteiger partial charge on any atom is -0.474 e. The van der Waals surface area contributed by atoms with E-state index in [4.69, 9.17) is 28.3 Å². The van der Waals surface area contributed by atoms with E-state index in [0.717, 1.165) is 12.1 Å². The Bertz CT molecular complexity index is 413. The average molecular weight is 252 g/mol. The number of benzene rings is 1. The van der Waals surface area contributed by atoms with Crippen molar-refractivity contribution in [2.24, 2.45) is 0 Å². The topological polar surface area (TPSA) is 66.4 Å². The Labute approximate surface area is 93.6 Å². The van der Waals surface area contributed by atoms with Crippen LogP contribution in [0.3, 0.4) is 0 Å². The molecule has 0 aliphatic rings. The number of hydrogen-bond donors (Lipinski definition) is 2. The van der Waals surface area contributed by atoms with E-state index in [9.17, 15) is 14.0 Å². The number of carbonyl (C=O) groups excluding carboxylic acids is 1. The molecular weight excluding hydrogens is 248 g/mol. The van der Waals surface area contributed by atoms with Crippen LogP contribution < -0.4 is 5.32 Å². The van der Waals surface area contributed by atoms with E-state index in [1.54, 1.807) is 0 Å². The molecule has 0 heterocycles. The number of halogens is 3. The molecule has 15 heavy (non-hydrogen) atoms. The molecule has 1 aromatic rings. The van der Waals surface area contributed by atoms with Gasteiger partial charge >= 0.3 is 11.9 Å². The van der Waals surface area contributed by atoms with Crippen LogP contribution in [0, 0.1) is 5.82 Å². The number of anilines is 1. The number of rotatable bonds is 1. The van der Waals surface area contributed by atoms with Gasteiger partial charge in [-0.3, -0.25) is 4.79 Å². The summed E-state index contributed by atoms with van der Waals surface area (Å²) < 4.78 is 12.9. The van der Waals surface area contributed by atoms with Crippen molar-refractivity contribution in [3.05, 3.63) is 28.0 Å². The lowest BCUT2D eigenvalue weighted by Gasteiger charge is -2.04. The number of carboxylic acids is 1. The minimum atomic E-state index is -1.66. The molecule has 4 nitrogen and oxygen atoms in total. The number of amides is 1. The molecule has 1 aromatic carbocycles. The van der Waals surface area contributed by atoms with Crippen LogP contribution in [-0.4, -0.2) is 17.0 Å². The normalized spacial score (nSPS) is 9.80. The van der Waals surface area contributed by atoms with Gasteiger partial charge < -0.3 is 10.4 Å². The lowest BCUT2D eigenvalue weighted by atomic mass is 10.3. The third-order valence-corrected chi connectivity index (χ3v) is 1.99. The highest BCUT2D eigenvalue weighted by atomic mass is 35.5. The molecule has 1 rings (SSSR count). The number of aliphatic carboxylic acids is 1. The fourth-order valence-corrected chi connectivity index (χ4v) is 1.30. The summed E-state index contributed by atoms with van der Waals surface area (Å²) in [5.41, 5.74) is 0.0128.